The van der Waals surface area contributed by atoms with Crippen LogP contribution in [-0.4, -0.2) is 6.71 Å². The van der Waals surface area contributed by atoms with E-state index in [0.29, 0.717) is 5.92 Å². The second-order valence-electron chi connectivity index (χ2n) is 24.8. The molecule has 3 aliphatic rings. The summed E-state index contributed by atoms with van der Waals surface area (Å²) in [5.41, 5.74) is 20.3. The topological polar surface area (TPSA) is 22.9 Å². The van der Waals surface area contributed by atoms with Crippen LogP contribution in [0.4, 0.5) is 51.2 Å². The summed E-state index contributed by atoms with van der Waals surface area (Å²) in [6, 6.07) is 51.2. The van der Waals surface area contributed by atoms with Crippen LogP contribution in [0.1, 0.15) is 156 Å². The molecule has 10 rings (SSSR count). The third-order valence-electron chi connectivity index (χ3n) is 15.5. The van der Waals surface area contributed by atoms with E-state index in [9.17, 15) is 0 Å². The number of anilines is 9. The summed E-state index contributed by atoms with van der Waals surface area (Å²) in [5.74, 6) is 1.56. The van der Waals surface area contributed by atoms with E-state index in [4.69, 9.17) is 4.42 Å². The highest BCUT2D eigenvalue weighted by Gasteiger charge is 2.52. The first-order valence-electron chi connectivity index (χ1n) is 25.2. The van der Waals surface area contributed by atoms with E-state index < -0.39 is 0 Å². The first-order chi connectivity index (χ1) is 31.9. The highest BCUT2D eigenvalue weighted by Crippen LogP contribution is 2.56. The lowest BCUT2D eigenvalue weighted by molar-refractivity contribution is 0.282. The molecule has 0 saturated carbocycles. The Bertz CT molecular complexity index is 3030. The fourth-order valence-corrected chi connectivity index (χ4v) is 11.2. The van der Waals surface area contributed by atoms with Gasteiger partial charge in [0.05, 0.1) is 17.0 Å². The van der Waals surface area contributed by atoms with Crippen molar-refractivity contribution in [2.45, 2.75) is 150 Å². The molecule has 0 unspecified atom stereocenters. The molecule has 1 aromatic heterocycles. The molecule has 7 aromatic rings. The van der Waals surface area contributed by atoms with Gasteiger partial charge in [0, 0.05) is 50.8 Å². The molecule has 5 heteroatoms. The molecule has 0 spiro atoms. The van der Waals surface area contributed by atoms with Crippen molar-refractivity contribution in [2.75, 3.05) is 14.7 Å². The molecule has 0 atom stereocenters. The third-order valence-corrected chi connectivity index (χ3v) is 15.5. The van der Waals surface area contributed by atoms with Crippen LogP contribution >= 0.6 is 0 Å². The van der Waals surface area contributed by atoms with Gasteiger partial charge in [-0.15, -0.1) is 0 Å². The van der Waals surface area contributed by atoms with Gasteiger partial charge in [0.1, 0.15) is 5.76 Å². The van der Waals surface area contributed by atoms with Gasteiger partial charge in [0.25, 0.3) is 6.71 Å². The molecule has 0 bridgehead atoms. The van der Waals surface area contributed by atoms with Crippen molar-refractivity contribution in [1.29, 1.82) is 0 Å². The number of furan rings is 1. The van der Waals surface area contributed by atoms with Crippen molar-refractivity contribution in [3.05, 3.63) is 167 Å². The van der Waals surface area contributed by atoms with E-state index in [0.717, 1.165) is 58.4 Å². The van der Waals surface area contributed by atoms with Gasteiger partial charge in [-0.1, -0.05) is 171 Å². The molecule has 0 fully saturated rings. The van der Waals surface area contributed by atoms with Gasteiger partial charge in [0.2, 0.25) is 0 Å². The van der Waals surface area contributed by atoms with E-state index in [1.807, 2.05) is 0 Å². The maximum Gasteiger partial charge on any atom is 0.297 e. The Hall–Kier alpha value is -5.94. The van der Waals surface area contributed by atoms with Gasteiger partial charge in [0.15, 0.2) is 0 Å². The normalized spacial score (nSPS) is 16.0. The smallest absolute Gasteiger partial charge is 0.297 e. The van der Waals surface area contributed by atoms with Crippen LogP contribution in [0.2, 0.25) is 0 Å². The number of fused-ring (bicyclic) bond motifs is 6. The molecule has 0 amide bonds. The average Bonchev–Trinajstić information content (AvgIpc) is 3.71. The van der Waals surface area contributed by atoms with E-state index in [2.05, 4.69) is 252 Å². The standard InChI is InChI=1S/C63H72BN3O/c1-40(2)41-21-28-47(29-22-41)66-51-34-27-44(61(9,10)11)37-50(51)64-55-52(66)38-49(65(45-19-17-16-18-20-45)46-30-23-42(24-31-46)59(3,4)5)39-53(55)67(48-32-25-43(26-33-48)60(6,7)8)56-54-57(68-58(56)64)63(14,15)36-35-62(54,12)13/h16-34,37-40H,35-36H2,1-15H3. The van der Waals surface area contributed by atoms with E-state index in [1.54, 1.807) is 0 Å². The molecule has 3 heterocycles. The fraction of sp³-hybridized carbons (Fsp3) is 0.365. The first-order valence-corrected chi connectivity index (χ1v) is 25.2. The van der Waals surface area contributed by atoms with Gasteiger partial charge < -0.3 is 19.1 Å². The highest BCUT2D eigenvalue weighted by molar-refractivity contribution is 6.99. The van der Waals surface area contributed by atoms with Gasteiger partial charge >= 0.3 is 0 Å². The van der Waals surface area contributed by atoms with Crippen molar-refractivity contribution >= 4 is 74.5 Å². The summed E-state index contributed by atoms with van der Waals surface area (Å²) in [4.78, 5) is 7.63. The van der Waals surface area contributed by atoms with Gasteiger partial charge in [-0.05, 0) is 140 Å². The van der Waals surface area contributed by atoms with E-state index >= 15 is 0 Å². The van der Waals surface area contributed by atoms with Crippen LogP contribution in [0.5, 0.6) is 0 Å². The quantitative estimate of drug-likeness (QED) is 0.155. The third kappa shape index (κ3) is 7.60. The Kier molecular flexibility index (Phi) is 10.7. The Labute approximate surface area is 408 Å². The second kappa shape index (κ2) is 15.8. The van der Waals surface area contributed by atoms with Crippen molar-refractivity contribution in [2.24, 2.45) is 0 Å². The molecular formula is C63H72BN3O. The van der Waals surface area contributed by atoms with E-state index in [1.165, 1.54) is 55.8 Å². The average molecular weight is 898 g/mol. The lowest BCUT2D eigenvalue weighted by Crippen LogP contribution is -2.61. The zero-order chi connectivity index (χ0) is 48.5. The monoisotopic (exact) mass is 898 g/mol. The lowest BCUT2D eigenvalue weighted by atomic mass is 9.35. The van der Waals surface area contributed by atoms with Gasteiger partial charge in [-0.25, -0.2) is 0 Å². The van der Waals surface area contributed by atoms with Crippen LogP contribution < -0.4 is 31.3 Å². The minimum atomic E-state index is -0.147. The second-order valence-corrected chi connectivity index (χ2v) is 24.8. The molecular weight excluding hydrogens is 826 g/mol. The fourth-order valence-electron chi connectivity index (χ4n) is 11.2. The maximum atomic E-state index is 7.71. The predicted molar refractivity (Wildman–Crippen MR) is 293 cm³/mol. The summed E-state index contributed by atoms with van der Waals surface area (Å²) >= 11 is 0. The van der Waals surface area contributed by atoms with Crippen molar-refractivity contribution in [3.8, 4) is 0 Å². The molecule has 2 aliphatic heterocycles. The minimum Gasteiger partial charge on any atom is -0.472 e. The Morgan fingerprint density at radius 2 is 1.03 bits per heavy atom. The number of hydrogen-bond donors (Lipinski definition) is 0. The Balaban J connectivity index is 1.36. The van der Waals surface area contributed by atoms with E-state index in [-0.39, 0.29) is 33.8 Å². The van der Waals surface area contributed by atoms with Crippen molar-refractivity contribution in [3.63, 3.8) is 0 Å². The van der Waals surface area contributed by atoms with Crippen LogP contribution in [-0.2, 0) is 27.1 Å². The maximum absolute atomic E-state index is 7.71. The Morgan fingerprint density at radius 1 is 0.529 bits per heavy atom. The number of hydrogen-bond acceptors (Lipinski definition) is 4. The minimum absolute atomic E-state index is 0.00933. The molecule has 1 aliphatic carbocycles. The largest absolute Gasteiger partial charge is 0.472 e. The summed E-state index contributed by atoms with van der Waals surface area (Å²) in [5, 5.41) is 0. The predicted octanol–water partition coefficient (Wildman–Crippen LogP) is 16.2. The summed E-state index contributed by atoms with van der Waals surface area (Å²) < 4.78 is 7.71. The highest BCUT2D eigenvalue weighted by atomic mass is 16.3. The van der Waals surface area contributed by atoms with Crippen molar-refractivity contribution in [1.82, 2.24) is 0 Å². The number of para-hydroxylation sites is 1. The lowest BCUT2D eigenvalue weighted by Gasteiger charge is -2.45. The summed E-state index contributed by atoms with van der Waals surface area (Å²) in [7, 11) is 0. The molecule has 6 aromatic carbocycles. The number of rotatable bonds is 6. The molecule has 0 radical (unpaired) electrons. The molecule has 0 saturated heterocycles. The summed E-state index contributed by atoms with van der Waals surface area (Å²) in [6.07, 6.45) is 2.15. The van der Waals surface area contributed by atoms with Gasteiger partial charge in [-0.3, -0.25) is 0 Å². The zero-order valence-corrected chi connectivity index (χ0v) is 43.5. The van der Waals surface area contributed by atoms with Gasteiger partial charge in [-0.2, -0.15) is 0 Å². The summed E-state index contributed by atoms with van der Waals surface area (Å²) in [6.45, 7) is 34.9. The number of nitrogens with zero attached hydrogens (tertiary/aromatic N) is 3. The molecule has 348 valence electrons. The first kappa shape index (κ1) is 45.8. The Morgan fingerprint density at radius 3 is 1.60 bits per heavy atom. The number of benzene rings is 6. The van der Waals surface area contributed by atoms with Crippen LogP contribution in [0.25, 0.3) is 0 Å². The van der Waals surface area contributed by atoms with Crippen LogP contribution in [0.3, 0.4) is 0 Å². The van der Waals surface area contributed by atoms with Crippen LogP contribution in [0.15, 0.2) is 138 Å². The molecule has 68 heavy (non-hydrogen) atoms. The molecule has 4 nitrogen and oxygen atoms in total. The van der Waals surface area contributed by atoms with Crippen LogP contribution in [0, 0.1) is 0 Å². The zero-order valence-electron chi connectivity index (χ0n) is 43.5. The SMILES string of the molecule is CC(C)c1ccc(N2c3ccc(C(C)(C)C)cc3B3c4oc5c(c4N(c4ccc(C(C)(C)C)cc4)c4cc(N(c6ccccc6)c6ccc(C(C)(C)C)cc6)cc2c43)C(C)(C)CCC5(C)C)cc1. The molecule has 0 N–H and O–H groups in total. The van der Waals surface area contributed by atoms with Crippen molar-refractivity contribution < 1.29 is 4.42 Å².